The van der Waals surface area contributed by atoms with Crippen LogP contribution in [0.3, 0.4) is 0 Å². The summed E-state index contributed by atoms with van der Waals surface area (Å²) in [5.74, 6) is 1.01. The third kappa shape index (κ3) is 4.76. The molecule has 0 radical (unpaired) electrons. The van der Waals surface area contributed by atoms with Crippen LogP contribution in [0.15, 0.2) is 22.1 Å². The molecule has 0 saturated heterocycles. The van der Waals surface area contributed by atoms with Crippen LogP contribution in [0, 0.1) is 6.92 Å². The number of pyridine rings is 1. The molecule has 6 heteroatoms. The van der Waals surface area contributed by atoms with Gasteiger partial charge < -0.3 is 10.2 Å². The van der Waals surface area contributed by atoms with Crippen LogP contribution in [0.4, 0.5) is 5.82 Å². The summed E-state index contributed by atoms with van der Waals surface area (Å²) < 4.78 is 1.01. The highest BCUT2D eigenvalue weighted by Crippen LogP contribution is 2.22. The predicted octanol–water partition coefficient (Wildman–Crippen LogP) is 3.75. The Labute approximate surface area is 138 Å². The Balaban J connectivity index is 2.12. The first kappa shape index (κ1) is 16.4. The summed E-state index contributed by atoms with van der Waals surface area (Å²) in [5.41, 5.74) is 2.30. The van der Waals surface area contributed by atoms with Crippen LogP contribution >= 0.6 is 27.3 Å². The van der Waals surface area contributed by atoms with Gasteiger partial charge in [-0.25, -0.2) is 9.97 Å². The number of thiazole rings is 1. The molecular weight excluding hydrogens is 348 g/mol. The lowest BCUT2D eigenvalue weighted by molar-refractivity contribution is 0.671. The second kappa shape index (κ2) is 7.87. The highest BCUT2D eigenvalue weighted by Gasteiger charge is 2.11. The first-order chi connectivity index (χ1) is 10.1. The van der Waals surface area contributed by atoms with Gasteiger partial charge in [-0.1, -0.05) is 6.92 Å². The maximum atomic E-state index is 4.57. The molecule has 0 unspecified atom stereocenters. The molecule has 0 aliphatic rings. The fraction of sp³-hybridized carbons (Fsp3) is 0.467. The first-order valence-electron chi connectivity index (χ1n) is 7.07. The molecule has 0 aliphatic heterocycles. The number of hydrogen-bond acceptors (Lipinski definition) is 5. The molecule has 114 valence electrons. The summed E-state index contributed by atoms with van der Waals surface area (Å²) in [6.45, 7) is 6.83. The van der Waals surface area contributed by atoms with Crippen LogP contribution in [0.2, 0.25) is 0 Å². The molecule has 1 N–H and O–H groups in total. The Morgan fingerprint density at radius 3 is 2.90 bits per heavy atom. The molecule has 0 aromatic carbocycles. The molecule has 2 aromatic heterocycles. The van der Waals surface area contributed by atoms with Crippen molar-refractivity contribution in [1.29, 1.82) is 0 Å². The van der Waals surface area contributed by atoms with E-state index in [1.165, 1.54) is 5.56 Å². The summed E-state index contributed by atoms with van der Waals surface area (Å²) in [7, 11) is 2.06. The van der Waals surface area contributed by atoms with Gasteiger partial charge in [-0.15, -0.1) is 11.3 Å². The molecule has 0 aliphatic carbocycles. The predicted molar refractivity (Wildman–Crippen MR) is 92.9 cm³/mol. The average Bonchev–Trinajstić information content (AvgIpc) is 2.84. The number of rotatable bonds is 7. The number of hydrogen-bond donors (Lipinski definition) is 1. The SMILES string of the molecule is CCCNCc1cc(Br)cnc1N(C)Cc1csc(C)n1. The fourth-order valence-electron chi connectivity index (χ4n) is 2.15. The van der Waals surface area contributed by atoms with Gasteiger partial charge in [0.05, 0.1) is 17.2 Å². The fourth-order valence-corrected chi connectivity index (χ4v) is 3.13. The van der Waals surface area contributed by atoms with Crippen molar-refractivity contribution in [2.75, 3.05) is 18.5 Å². The zero-order chi connectivity index (χ0) is 15.2. The van der Waals surface area contributed by atoms with Crippen molar-refractivity contribution in [1.82, 2.24) is 15.3 Å². The normalized spacial score (nSPS) is 10.9. The van der Waals surface area contributed by atoms with Gasteiger partial charge in [0.1, 0.15) is 5.82 Å². The van der Waals surface area contributed by atoms with E-state index in [1.807, 2.05) is 13.1 Å². The number of aromatic nitrogens is 2. The average molecular weight is 369 g/mol. The quantitative estimate of drug-likeness (QED) is 0.755. The highest BCUT2D eigenvalue weighted by atomic mass is 79.9. The summed E-state index contributed by atoms with van der Waals surface area (Å²) in [6, 6.07) is 2.13. The first-order valence-corrected chi connectivity index (χ1v) is 8.74. The molecule has 0 saturated carbocycles. The number of halogens is 1. The number of nitrogens with one attached hydrogen (secondary N) is 1. The van der Waals surface area contributed by atoms with Crippen molar-refractivity contribution in [3.63, 3.8) is 0 Å². The minimum absolute atomic E-state index is 0.778. The lowest BCUT2D eigenvalue weighted by Crippen LogP contribution is -2.22. The van der Waals surface area contributed by atoms with Crippen LogP contribution in [0.5, 0.6) is 0 Å². The van der Waals surface area contributed by atoms with E-state index in [0.717, 1.165) is 47.0 Å². The maximum Gasteiger partial charge on any atom is 0.133 e. The van der Waals surface area contributed by atoms with E-state index in [0.29, 0.717) is 0 Å². The number of anilines is 1. The summed E-state index contributed by atoms with van der Waals surface area (Å²) in [6.07, 6.45) is 2.98. The van der Waals surface area contributed by atoms with Crippen molar-refractivity contribution in [3.05, 3.63) is 38.4 Å². The topological polar surface area (TPSA) is 41.1 Å². The van der Waals surface area contributed by atoms with E-state index in [9.17, 15) is 0 Å². The molecular formula is C15H21BrN4S. The van der Waals surface area contributed by atoms with E-state index in [1.54, 1.807) is 11.3 Å². The van der Waals surface area contributed by atoms with Gasteiger partial charge in [-0.3, -0.25) is 0 Å². The molecule has 21 heavy (non-hydrogen) atoms. The molecule has 0 fully saturated rings. The Morgan fingerprint density at radius 1 is 1.43 bits per heavy atom. The zero-order valence-electron chi connectivity index (χ0n) is 12.7. The summed E-state index contributed by atoms with van der Waals surface area (Å²) in [5, 5.41) is 6.66. The Bertz CT molecular complexity index is 585. The largest absolute Gasteiger partial charge is 0.353 e. The lowest BCUT2D eigenvalue weighted by atomic mass is 10.2. The van der Waals surface area contributed by atoms with E-state index >= 15 is 0 Å². The minimum atomic E-state index is 0.778. The molecule has 0 bridgehead atoms. The van der Waals surface area contributed by atoms with Gasteiger partial charge in [0.25, 0.3) is 0 Å². The van der Waals surface area contributed by atoms with E-state index < -0.39 is 0 Å². The van der Waals surface area contributed by atoms with Crippen LogP contribution in [-0.4, -0.2) is 23.6 Å². The number of aryl methyl sites for hydroxylation is 1. The van der Waals surface area contributed by atoms with Crippen molar-refractivity contribution in [2.45, 2.75) is 33.4 Å². The number of nitrogens with zero attached hydrogens (tertiary/aromatic N) is 3. The van der Waals surface area contributed by atoms with Gasteiger partial charge in [-0.05, 0) is 41.9 Å². The Hall–Kier alpha value is -0.980. The third-order valence-corrected chi connectivity index (χ3v) is 4.34. The molecule has 0 spiro atoms. The Morgan fingerprint density at radius 2 is 2.24 bits per heavy atom. The standard InChI is InChI=1S/C15H21BrN4S/c1-4-5-17-7-12-6-13(16)8-18-15(12)20(3)9-14-10-21-11(2)19-14/h6,8,10,17H,4-5,7,9H2,1-3H3. The molecule has 4 nitrogen and oxygen atoms in total. The van der Waals surface area contributed by atoms with Crippen LogP contribution in [-0.2, 0) is 13.1 Å². The van der Waals surface area contributed by atoms with E-state index in [2.05, 4.69) is 61.5 Å². The van der Waals surface area contributed by atoms with Crippen LogP contribution in [0.25, 0.3) is 0 Å². The van der Waals surface area contributed by atoms with Crippen molar-refractivity contribution < 1.29 is 0 Å². The molecule has 2 rings (SSSR count). The Kier molecular flexibility index (Phi) is 6.14. The molecule has 2 heterocycles. The van der Waals surface area contributed by atoms with E-state index in [-0.39, 0.29) is 0 Å². The van der Waals surface area contributed by atoms with E-state index in [4.69, 9.17) is 0 Å². The highest BCUT2D eigenvalue weighted by molar-refractivity contribution is 9.10. The molecule has 0 amide bonds. The summed E-state index contributed by atoms with van der Waals surface area (Å²) >= 11 is 5.19. The molecule has 2 aromatic rings. The van der Waals surface area contributed by atoms with Gasteiger partial charge in [0.2, 0.25) is 0 Å². The zero-order valence-corrected chi connectivity index (χ0v) is 15.1. The third-order valence-electron chi connectivity index (χ3n) is 3.08. The smallest absolute Gasteiger partial charge is 0.133 e. The maximum absolute atomic E-state index is 4.57. The summed E-state index contributed by atoms with van der Waals surface area (Å²) in [4.78, 5) is 11.3. The van der Waals surface area contributed by atoms with Crippen LogP contribution < -0.4 is 10.2 Å². The van der Waals surface area contributed by atoms with Crippen molar-refractivity contribution in [3.8, 4) is 0 Å². The van der Waals surface area contributed by atoms with Crippen molar-refractivity contribution >= 4 is 33.1 Å². The monoisotopic (exact) mass is 368 g/mol. The second-order valence-electron chi connectivity index (χ2n) is 5.03. The van der Waals surface area contributed by atoms with Crippen molar-refractivity contribution in [2.24, 2.45) is 0 Å². The van der Waals surface area contributed by atoms with Gasteiger partial charge >= 0.3 is 0 Å². The van der Waals surface area contributed by atoms with Gasteiger partial charge in [0.15, 0.2) is 0 Å². The van der Waals surface area contributed by atoms with Gasteiger partial charge in [-0.2, -0.15) is 0 Å². The lowest BCUT2D eigenvalue weighted by Gasteiger charge is -2.20. The minimum Gasteiger partial charge on any atom is -0.353 e. The van der Waals surface area contributed by atoms with Crippen LogP contribution in [0.1, 0.15) is 29.6 Å². The van der Waals surface area contributed by atoms with Gasteiger partial charge in [0, 0.05) is 35.2 Å². The molecule has 0 atom stereocenters. The second-order valence-corrected chi connectivity index (χ2v) is 7.00.